The fourth-order valence-corrected chi connectivity index (χ4v) is 3.15. The maximum Gasteiger partial charge on any atom is 0.289 e. The summed E-state index contributed by atoms with van der Waals surface area (Å²) < 4.78 is 5.97. The molecule has 1 saturated heterocycles. The summed E-state index contributed by atoms with van der Waals surface area (Å²) in [4.78, 5) is 6.90. The molecule has 0 aromatic rings. The van der Waals surface area contributed by atoms with Gasteiger partial charge in [-0.2, -0.15) is 5.26 Å². The van der Waals surface area contributed by atoms with Crippen LogP contribution in [0.2, 0.25) is 0 Å². The van der Waals surface area contributed by atoms with Crippen LogP contribution in [-0.2, 0) is 4.74 Å². The van der Waals surface area contributed by atoms with Crippen LogP contribution in [0, 0.1) is 11.3 Å². The Morgan fingerprint density at radius 2 is 2.43 bits per heavy atom. The number of unbranched alkanes of at least 4 members (excludes halogenated alkanes) is 2. The molecule has 3 rings (SSSR count). The lowest BCUT2D eigenvalue weighted by Crippen LogP contribution is -2.35. The zero-order valence-corrected chi connectivity index (χ0v) is 12.2. The van der Waals surface area contributed by atoms with Gasteiger partial charge in [0.1, 0.15) is 6.10 Å². The van der Waals surface area contributed by atoms with Crippen molar-refractivity contribution >= 4 is 6.02 Å². The van der Waals surface area contributed by atoms with E-state index in [-0.39, 0.29) is 18.2 Å². The highest BCUT2D eigenvalue weighted by Gasteiger charge is 2.42. The van der Waals surface area contributed by atoms with Crippen LogP contribution in [0.4, 0.5) is 0 Å². The third-order valence-electron chi connectivity index (χ3n) is 4.26. The Morgan fingerprint density at radius 3 is 3.24 bits per heavy atom. The smallest absolute Gasteiger partial charge is 0.289 e. The molecule has 0 aromatic carbocycles. The molecular weight excluding hydrogens is 262 g/mol. The largest absolute Gasteiger partial charge is 0.460 e. The number of ether oxygens (including phenoxy) is 1. The van der Waals surface area contributed by atoms with E-state index in [0.29, 0.717) is 6.42 Å². The number of hydrogen-bond donors (Lipinski definition) is 0. The Bertz CT molecular complexity index is 541. The van der Waals surface area contributed by atoms with Crippen molar-refractivity contribution in [1.29, 1.82) is 5.26 Å². The van der Waals surface area contributed by atoms with E-state index in [0.717, 1.165) is 31.0 Å². The Kier molecular flexibility index (Phi) is 4.10. The lowest BCUT2D eigenvalue weighted by molar-refractivity contribution is 0.209. The fourth-order valence-electron chi connectivity index (χ4n) is 3.15. The molecule has 0 amide bonds. The van der Waals surface area contributed by atoms with Gasteiger partial charge in [-0.05, 0) is 31.8 Å². The summed E-state index contributed by atoms with van der Waals surface area (Å²) in [7, 11) is 0. The summed E-state index contributed by atoms with van der Waals surface area (Å²) in [5, 5.41) is 9.07. The minimum atomic E-state index is 0.0371. The Balaban J connectivity index is 1.62. The summed E-state index contributed by atoms with van der Waals surface area (Å²) in [6.45, 7) is 4.66. The SMILES string of the molecule is C=CCCCCC1CN2C(=NC3C=C(C#N)CC=CC32)O1. The molecule has 0 N–H and O–H groups in total. The molecule has 3 atom stereocenters. The highest BCUT2D eigenvalue weighted by atomic mass is 16.5. The average Bonchev–Trinajstić information content (AvgIpc) is 2.93. The molecular formula is C17H21N3O. The van der Waals surface area contributed by atoms with Crippen LogP contribution in [0.25, 0.3) is 0 Å². The minimum Gasteiger partial charge on any atom is -0.460 e. The molecule has 4 nitrogen and oxygen atoms in total. The van der Waals surface area contributed by atoms with E-state index in [9.17, 15) is 0 Å². The molecule has 3 unspecified atom stereocenters. The van der Waals surface area contributed by atoms with Crippen molar-refractivity contribution in [2.75, 3.05) is 6.54 Å². The van der Waals surface area contributed by atoms with Crippen molar-refractivity contribution < 1.29 is 4.74 Å². The second kappa shape index (κ2) is 6.17. The second-order valence-corrected chi connectivity index (χ2v) is 5.79. The standard InChI is InChI=1S/C17H21N3O/c1-2-3-4-5-8-14-12-20-16-9-6-7-13(11-18)10-15(16)19-17(20)21-14/h2,6,9-10,14-16H,1,3-5,7-8,12H2. The highest BCUT2D eigenvalue weighted by Crippen LogP contribution is 2.30. The van der Waals surface area contributed by atoms with E-state index in [2.05, 4.69) is 34.7 Å². The first-order valence-electron chi connectivity index (χ1n) is 7.71. The van der Waals surface area contributed by atoms with Crippen LogP contribution in [0.3, 0.4) is 0 Å². The van der Waals surface area contributed by atoms with Gasteiger partial charge in [0.05, 0.1) is 24.7 Å². The molecule has 2 heterocycles. The number of nitriles is 1. The molecule has 0 radical (unpaired) electrons. The van der Waals surface area contributed by atoms with Gasteiger partial charge in [-0.3, -0.25) is 0 Å². The molecule has 0 saturated carbocycles. The van der Waals surface area contributed by atoms with Gasteiger partial charge in [0, 0.05) is 12.0 Å². The van der Waals surface area contributed by atoms with Crippen molar-refractivity contribution in [2.24, 2.45) is 4.99 Å². The maximum atomic E-state index is 9.07. The third-order valence-corrected chi connectivity index (χ3v) is 4.26. The predicted molar refractivity (Wildman–Crippen MR) is 82.7 cm³/mol. The summed E-state index contributed by atoms with van der Waals surface area (Å²) >= 11 is 0. The molecule has 0 bridgehead atoms. The summed E-state index contributed by atoms with van der Waals surface area (Å²) in [6.07, 6.45) is 13.7. The van der Waals surface area contributed by atoms with E-state index >= 15 is 0 Å². The molecule has 110 valence electrons. The van der Waals surface area contributed by atoms with Crippen molar-refractivity contribution in [1.82, 2.24) is 4.90 Å². The van der Waals surface area contributed by atoms with Crippen molar-refractivity contribution in [3.63, 3.8) is 0 Å². The zero-order chi connectivity index (χ0) is 14.7. The topological polar surface area (TPSA) is 48.6 Å². The second-order valence-electron chi connectivity index (χ2n) is 5.79. The molecule has 4 heteroatoms. The van der Waals surface area contributed by atoms with Crippen LogP contribution < -0.4 is 0 Å². The number of hydrogen-bond acceptors (Lipinski definition) is 4. The Hall–Kier alpha value is -2.02. The first-order valence-corrected chi connectivity index (χ1v) is 7.71. The van der Waals surface area contributed by atoms with Gasteiger partial charge >= 0.3 is 0 Å². The van der Waals surface area contributed by atoms with Gasteiger partial charge in [0.2, 0.25) is 0 Å². The first-order chi connectivity index (χ1) is 10.3. The number of allylic oxidation sites excluding steroid dienone is 3. The van der Waals surface area contributed by atoms with Crippen LogP contribution >= 0.6 is 0 Å². The molecule has 1 aliphatic carbocycles. The molecule has 2 aliphatic heterocycles. The Morgan fingerprint density at radius 1 is 1.52 bits per heavy atom. The number of amidine groups is 1. The van der Waals surface area contributed by atoms with Gasteiger partial charge < -0.3 is 9.64 Å². The van der Waals surface area contributed by atoms with Crippen LogP contribution in [0.5, 0.6) is 0 Å². The lowest BCUT2D eigenvalue weighted by Gasteiger charge is -2.20. The molecule has 3 aliphatic rings. The van der Waals surface area contributed by atoms with Gasteiger partial charge in [-0.25, -0.2) is 4.99 Å². The van der Waals surface area contributed by atoms with Crippen molar-refractivity contribution in [3.8, 4) is 6.07 Å². The highest BCUT2D eigenvalue weighted by molar-refractivity contribution is 5.79. The van der Waals surface area contributed by atoms with E-state index in [1.165, 1.54) is 12.8 Å². The first kappa shape index (κ1) is 13.9. The van der Waals surface area contributed by atoms with Gasteiger partial charge in [-0.15, -0.1) is 6.58 Å². The van der Waals surface area contributed by atoms with E-state index < -0.39 is 0 Å². The van der Waals surface area contributed by atoms with Gasteiger partial charge in [-0.1, -0.05) is 18.2 Å². The summed E-state index contributed by atoms with van der Waals surface area (Å²) in [5.74, 6) is 0. The quantitative estimate of drug-likeness (QED) is 0.576. The number of aliphatic imine (C=N–C) groups is 1. The van der Waals surface area contributed by atoms with Gasteiger partial charge in [0.25, 0.3) is 6.02 Å². The van der Waals surface area contributed by atoms with Crippen LogP contribution in [0.1, 0.15) is 32.1 Å². The lowest BCUT2D eigenvalue weighted by atomic mass is 10.1. The molecule has 0 aromatic heterocycles. The fraction of sp³-hybridized carbons (Fsp3) is 0.529. The average molecular weight is 283 g/mol. The number of rotatable bonds is 5. The molecule has 21 heavy (non-hydrogen) atoms. The van der Waals surface area contributed by atoms with Crippen LogP contribution in [0.15, 0.2) is 41.4 Å². The zero-order valence-electron chi connectivity index (χ0n) is 12.2. The predicted octanol–water partition coefficient (Wildman–Crippen LogP) is 2.95. The normalized spacial score (nSPS) is 29.7. The van der Waals surface area contributed by atoms with Gasteiger partial charge in [0.15, 0.2) is 0 Å². The van der Waals surface area contributed by atoms with E-state index in [1.807, 2.05) is 12.2 Å². The number of fused-ring (bicyclic) bond motifs is 3. The maximum absolute atomic E-state index is 9.07. The third kappa shape index (κ3) is 2.87. The van der Waals surface area contributed by atoms with Crippen molar-refractivity contribution in [2.45, 2.75) is 50.3 Å². The van der Waals surface area contributed by atoms with Crippen LogP contribution in [-0.4, -0.2) is 35.7 Å². The monoisotopic (exact) mass is 283 g/mol. The van der Waals surface area contributed by atoms with E-state index in [1.54, 1.807) is 0 Å². The summed E-state index contributed by atoms with van der Waals surface area (Å²) in [5.41, 5.74) is 0.797. The number of nitrogens with zero attached hydrogens (tertiary/aromatic N) is 3. The van der Waals surface area contributed by atoms with E-state index in [4.69, 9.17) is 10.00 Å². The minimum absolute atomic E-state index is 0.0371. The summed E-state index contributed by atoms with van der Waals surface area (Å²) in [6, 6.07) is 3.27. The molecule has 1 fully saturated rings. The molecule has 0 spiro atoms. The Labute approximate surface area is 126 Å². The van der Waals surface area contributed by atoms with Crippen molar-refractivity contribution in [3.05, 3.63) is 36.5 Å².